The number of nitrogens with one attached hydrogen (secondary N) is 4. The Kier molecular flexibility index (Phi) is 5.46. The third-order valence-electron chi connectivity index (χ3n) is 5.70. The van der Waals surface area contributed by atoms with Gasteiger partial charge in [0.15, 0.2) is 5.82 Å². The highest BCUT2D eigenvalue weighted by atomic mass is 16.3. The van der Waals surface area contributed by atoms with Gasteiger partial charge in [-0.3, -0.25) is 9.89 Å². The number of anilines is 1. The maximum absolute atomic E-state index is 12.8. The first-order valence-corrected chi connectivity index (χ1v) is 10.7. The van der Waals surface area contributed by atoms with Gasteiger partial charge in [0, 0.05) is 18.3 Å². The molecule has 0 spiro atoms. The number of imidazole rings is 1. The van der Waals surface area contributed by atoms with Gasteiger partial charge in [0.1, 0.15) is 23.8 Å². The van der Waals surface area contributed by atoms with Crippen LogP contribution >= 0.6 is 0 Å². The van der Waals surface area contributed by atoms with Crippen molar-refractivity contribution in [2.75, 3.05) is 11.9 Å². The lowest BCUT2D eigenvalue weighted by Gasteiger charge is -2.14. The molecule has 0 bridgehead atoms. The van der Waals surface area contributed by atoms with Crippen molar-refractivity contribution in [2.24, 2.45) is 5.18 Å². The van der Waals surface area contributed by atoms with Crippen LogP contribution in [0.3, 0.4) is 0 Å². The maximum atomic E-state index is 12.8. The van der Waals surface area contributed by atoms with Crippen LogP contribution in [0.2, 0.25) is 0 Å². The van der Waals surface area contributed by atoms with E-state index in [-0.39, 0.29) is 12.1 Å². The van der Waals surface area contributed by atoms with Crippen molar-refractivity contribution < 1.29 is 0 Å². The molecular formula is C24H22N8O2. The van der Waals surface area contributed by atoms with Crippen LogP contribution < -0.4 is 10.9 Å². The molecule has 0 radical (unpaired) electrons. The Morgan fingerprint density at radius 1 is 1.12 bits per heavy atom. The zero-order valence-corrected chi connectivity index (χ0v) is 18.6. The number of nitroso groups, excluding NO2 is 1. The Labute approximate surface area is 193 Å². The number of fused-ring (bicyclic) bond motifs is 1. The zero-order chi connectivity index (χ0) is 23.7. The van der Waals surface area contributed by atoms with Gasteiger partial charge < -0.3 is 15.3 Å². The summed E-state index contributed by atoms with van der Waals surface area (Å²) in [6.45, 7) is 4.15. The minimum Gasteiger partial charge on any atom is -0.382 e. The standard InChI is InChI=1S/C24H22N8O2/c1-13-4-3-5-15(8-13)19(32-34)11-26-17-6-7-25-24(33)20(17)23-29-18-10-16(22-27-12-28-31-22)9-14(2)21(18)30-23/h3-10,12,19H,11H2,1-2H3,(H,29,30)(H2,25,26,33)(H,27,28,31). The molecule has 10 heteroatoms. The number of benzene rings is 2. The number of nitrogens with zero attached hydrogens (tertiary/aromatic N) is 4. The summed E-state index contributed by atoms with van der Waals surface area (Å²) in [5.41, 5.74) is 5.77. The number of aromatic amines is 3. The van der Waals surface area contributed by atoms with Gasteiger partial charge in [0.25, 0.3) is 5.56 Å². The van der Waals surface area contributed by atoms with Crippen LogP contribution in [-0.2, 0) is 0 Å². The van der Waals surface area contributed by atoms with Crippen molar-refractivity contribution >= 4 is 16.7 Å². The predicted octanol–water partition coefficient (Wildman–Crippen LogP) is 4.24. The highest BCUT2D eigenvalue weighted by molar-refractivity contribution is 5.87. The molecule has 3 aromatic heterocycles. The highest BCUT2D eigenvalue weighted by Gasteiger charge is 2.18. The van der Waals surface area contributed by atoms with Crippen LogP contribution in [0.5, 0.6) is 0 Å². The molecule has 1 unspecified atom stereocenters. The first-order chi connectivity index (χ1) is 16.5. The van der Waals surface area contributed by atoms with E-state index in [0.717, 1.165) is 33.3 Å². The number of aryl methyl sites for hydroxylation is 2. The average Bonchev–Trinajstić information content (AvgIpc) is 3.50. The van der Waals surface area contributed by atoms with Crippen LogP contribution in [0.15, 0.2) is 65.0 Å². The highest BCUT2D eigenvalue weighted by Crippen LogP contribution is 2.29. The van der Waals surface area contributed by atoms with Crippen LogP contribution in [0.25, 0.3) is 33.8 Å². The van der Waals surface area contributed by atoms with Crippen LogP contribution in [0.4, 0.5) is 5.69 Å². The van der Waals surface area contributed by atoms with E-state index in [0.29, 0.717) is 22.9 Å². The van der Waals surface area contributed by atoms with E-state index >= 15 is 0 Å². The Balaban J connectivity index is 1.50. The molecule has 5 rings (SSSR count). The van der Waals surface area contributed by atoms with E-state index in [1.54, 1.807) is 12.3 Å². The summed E-state index contributed by atoms with van der Waals surface area (Å²) in [5, 5.41) is 13.3. The number of hydrogen-bond acceptors (Lipinski definition) is 7. The lowest BCUT2D eigenvalue weighted by Crippen LogP contribution is -2.16. The minimum absolute atomic E-state index is 0.234. The molecule has 0 fully saturated rings. The van der Waals surface area contributed by atoms with Crippen molar-refractivity contribution in [3.63, 3.8) is 0 Å². The fraction of sp³-hybridized carbons (Fsp3) is 0.167. The lowest BCUT2D eigenvalue weighted by atomic mass is 10.0. The molecule has 0 saturated carbocycles. The maximum Gasteiger partial charge on any atom is 0.261 e. The first kappa shape index (κ1) is 21.3. The van der Waals surface area contributed by atoms with Gasteiger partial charge in [-0.2, -0.15) is 10.0 Å². The lowest BCUT2D eigenvalue weighted by molar-refractivity contribution is 0.758. The van der Waals surface area contributed by atoms with Gasteiger partial charge in [-0.05, 0) is 43.2 Å². The fourth-order valence-electron chi connectivity index (χ4n) is 4.05. The SMILES string of the molecule is Cc1cccc(C(CNc2cc[nH]c(=O)c2-c2nc3c(C)cc(-c4ncn[nH]4)cc3[nH]2)N=O)c1. The summed E-state index contributed by atoms with van der Waals surface area (Å²) in [6.07, 6.45) is 3.01. The normalized spacial score (nSPS) is 12.1. The van der Waals surface area contributed by atoms with Crippen LogP contribution in [0, 0.1) is 18.8 Å². The molecule has 170 valence electrons. The Morgan fingerprint density at radius 2 is 2.00 bits per heavy atom. The Bertz CT molecular complexity index is 1530. The summed E-state index contributed by atoms with van der Waals surface area (Å²) in [4.78, 5) is 39.2. The average molecular weight is 454 g/mol. The van der Waals surface area contributed by atoms with E-state index in [1.165, 1.54) is 6.33 Å². The molecule has 10 nitrogen and oxygen atoms in total. The molecular weight excluding hydrogens is 432 g/mol. The second-order valence-corrected chi connectivity index (χ2v) is 8.12. The summed E-state index contributed by atoms with van der Waals surface area (Å²) < 4.78 is 0. The molecule has 34 heavy (non-hydrogen) atoms. The summed E-state index contributed by atoms with van der Waals surface area (Å²) in [7, 11) is 0. The fourth-order valence-corrected chi connectivity index (χ4v) is 4.05. The molecule has 0 amide bonds. The molecule has 2 aromatic carbocycles. The zero-order valence-electron chi connectivity index (χ0n) is 18.6. The molecule has 0 aliphatic carbocycles. The van der Waals surface area contributed by atoms with Gasteiger partial charge in [0.05, 0.1) is 16.7 Å². The van der Waals surface area contributed by atoms with Gasteiger partial charge in [-0.25, -0.2) is 9.97 Å². The molecule has 0 saturated heterocycles. The van der Waals surface area contributed by atoms with Gasteiger partial charge in [0.2, 0.25) is 0 Å². The third-order valence-corrected chi connectivity index (χ3v) is 5.70. The third kappa shape index (κ3) is 3.96. The van der Waals surface area contributed by atoms with E-state index in [9.17, 15) is 9.70 Å². The van der Waals surface area contributed by atoms with Crippen LogP contribution in [0.1, 0.15) is 22.7 Å². The van der Waals surface area contributed by atoms with Crippen molar-refractivity contribution in [2.45, 2.75) is 19.9 Å². The van der Waals surface area contributed by atoms with E-state index in [2.05, 4.69) is 35.6 Å². The molecule has 1 atom stereocenters. The largest absolute Gasteiger partial charge is 0.382 e. The van der Waals surface area contributed by atoms with Gasteiger partial charge >= 0.3 is 0 Å². The van der Waals surface area contributed by atoms with Crippen LogP contribution in [-0.4, -0.2) is 36.7 Å². The number of pyridine rings is 1. The number of aromatic nitrogens is 6. The van der Waals surface area contributed by atoms with Crippen molar-refractivity contribution in [1.29, 1.82) is 0 Å². The topological polar surface area (TPSA) is 145 Å². The number of rotatable bonds is 7. The van der Waals surface area contributed by atoms with Gasteiger partial charge in [-0.1, -0.05) is 35.0 Å². The van der Waals surface area contributed by atoms with E-state index < -0.39 is 6.04 Å². The van der Waals surface area contributed by atoms with Crippen molar-refractivity contribution in [3.8, 4) is 22.8 Å². The van der Waals surface area contributed by atoms with Crippen molar-refractivity contribution in [3.05, 3.63) is 86.9 Å². The van der Waals surface area contributed by atoms with Gasteiger partial charge in [-0.15, -0.1) is 0 Å². The monoisotopic (exact) mass is 454 g/mol. The predicted molar refractivity (Wildman–Crippen MR) is 130 cm³/mol. The molecule has 5 aromatic rings. The number of H-pyrrole nitrogens is 3. The Morgan fingerprint density at radius 3 is 2.76 bits per heavy atom. The second kappa shape index (κ2) is 8.74. The van der Waals surface area contributed by atoms with E-state index in [4.69, 9.17) is 4.98 Å². The molecule has 3 heterocycles. The summed E-state index contributed by atoms with van der Waals surface area (Å²) >= 11 is 0. The molecule has 0 aliphatic heterocycles. The van der Waals surface area contributed by atoms with Crippen molar-refractivity contribution in [1.82, 2.24) is 30.1 Å². The number of hydrogen-bond donors (Lipinski definition) is 4. The summed E-state index contributed by atoms with van der Waals surface area (Å²) in [5.74, 6) is 1.06. The Hall–Kier alpha value is -4.60. The smallest absolute Gasteiger partial charge is 0.261 e. The minimum atomic E-state index is -0.602. The summed E-state index contributed by atoms with van der Waals surface area (Å²) in [6, 6.07) is 12.7. The quantitative estimate of drug-likeness (QED) is 0.271. The first-order valence-electron chi connectivity index (χ1n) is 10.7. The molecule has 4 N–H and O–H groups in total. The van der Waals surface area contributed by atoms with E-state index in [1.807, 2.05) is 50.2 Å². The molecule has 0 aliphatic rings. The second-order valence-electron chi connectivity index (χ2n) is 8.12.